The quantitative estimate of drug-likeness (QED) is 0.111. The van der Waals surface area contributed by atoms with E-state index in [4.69, 9.17) is 0 Å². The topological polar surface area (TPSA) is 49.4 Å². The van der Waals surface area contributed by atoms with Crippen LogP contribution in [0.3, 0.4) is 0 Å². The Morgan fingerprint density at radius 2 is 0.580 bits per heavy atom. The lowest BCUT2D eigenvalue weighted by atomic mass is 9.84. The molecule has 9 rings (SSSR count). The number of benzene rings is 4. The fourth-order valence-electron chi connectivity index (χ4n) is 7.37. The van der Waals surface area contributed by atoms with Crippen molar-refractivity contribution in [3.8, 4) is 0 Å². The van der Waals surface area contributed by atoms with Crippen molar-refractivity contribution < 1.29 is 87.8 Å². The summed E-state index contributed by atoms with van der Waals surface area (Å²) in [4.78, 5) is 15.8. The maximum absolute atomic E-state index is 16.4. The summed E-state index contributed by atoms with van der Waals surface area (Å²) in [7, 11) is 0. The first-order valence-electron chi connectivity index (χ1n) is 18.2. The van der Waals surface area contributed by atoms with Crippen LogP contribution in [0.5, 0.6) is 0 Å². The molecule has 25 heteroatoms. The molecule has 69 heavy (non-hydrogen) atoms. The molecule has 4 aromatic carbocycles. The second-order valence-corrected chi connectivity index (χ2v) is 14.2. The predicted octanol–water partition coefficient (Wildman–Crippen LogP) is 12.9. The number of halogens is 21. The molecular weight excluding hydrogens is 1000 g/mol. The standard InChI is InChI=1S/C44H8F20N4.ClH/c45-23-16(24(46)32(54)39(61)31(23)53)14-7-13-6-11-2-1-9(65-11)5-10-3-4-12(66-10)8-15-17(19-25(47)33(55)40(62)34(56)26(19)48)18(20-27(49)35(57)41(63)36(58)28(20)50)44(68-15)22(43(14)67-13)21-29(51)37(59)42(64)38(60)30(21)52;/h1-8H;1H. The molecule has 0 amide bonds. The monoisotopic (exact) mass is 1010 g/mol. The summed E-state index contributed by atoms with van der Waals surface area (Å²) in [5.41, 5.74) is -25.1. The zero-order valence-corrected chi connectivity index (χ0v) is 33.2. The molecule has 0 aliphatic carbocycles. The van der Waals surface area contributed by atoms with Crippen molar-refractivity contribution in [2.45, 2.75) is 0 Å². The van der Waals surface area contributed by atoms with Gasteiger partial charge in [-0.25, -0.2) is 108 Å². The van der Waals surface area contributed by atoms with Crippen LogP contribution in [0.4, 0.5) is 87.8 Å². The number of hydrogen-bond donors (Lipinski definition) is 0. The average molecular weight is 1010 g/mol. The summed E-state index contributed by atoms with van der Waals surface area (Å²) < 4.78 is 309. The van der Waals surface area contributed by atoms with Crippen molar-refractivity contribution in [3.05, 3.63) is 210 Å². The first-order chi connectivity index (χ1) is 32.0. The van der Waals surface area contributed by atoms with Gasteiger partial charge in [0.05, 0.1) is 67.9 Å². The Kier molecular flexibility index (Phi) is 11.7. The van der Waals surface area contributed by atoms with E-state index in [1.807, 2.05) is 0 Å². The van der Waals surface area contributed by atoms with Crippen LogP contribution in [0.25, 0.3) is 22.3 Å². The molecule has 5 aliphatic heterocycles. The molecule has 0 fully saturated rings. The first-order valence-corrected chi connectivity index (χ1v) is 18.2. The van der Waals surface area contributed by atoms with Crippen LogP contribution >= 0.6 is 12.4 Å². The zero-order chi connectivity index (χ0) is 49.3. The first kappa shape index (κ1) is 47.8. The van der Waals surface area contributed by atoms with Crippen molar-refractivity contribution in [2.24, 2.45) is 20.0 Å². The van der Waals surface area contributed by atoms with Gasteiger partial charge in [-0.3, -0.25) is 0 Å². The van der Waals surface area contributed by atoms with E-state index in [0.717, 1.165) is 18.2 Å². The third kappa shape index (κ3) is 7.09. The van der Waals surface area contributed by atoms with E-state index >= 15 is 61.5 Å². The van der Waals surface area contributed by atoms with Crippen molar-refractivity contribution in [2.75, 3.05) is 0 Å². The molecule has 0 spiro atoms. The minimum absolute atomic E-state index is 0. The Balaban J connectivity index is 0.00000642. The number of nitrogens with zero attached hydrogens (tertiary/aromatic N) is 4. The summed E-state index contributed by atoms with van der Waals surface area (Å²) in [5.74, 6) is -59.2. The zero-order valence-electron chi connectivity index (χ0n) is 32.4. The molecular formula is C44H9ClF20N4. The van der Waals surface area contributed by atoms with Crippen molar-refractivity contribution in [1.82, 2.24) is 0 Å². The van der Waals surface area contributed by atoms with Gasteiger partial charge in [0.15, 0.2) is 93.1 Å². The summed E-state index contributed by atoms with van der Waals surface area (Å²) in [6, 6.07) is 0. The molecule has 0 saturated heterocycles. The predicted molar refractivity (Wildman–Crippen MR) is 206 cm³/mol. The van der Waals surface area contributed by atoms with E-state index in [1.165, 1.54) is 18.2 Å². The number of allylic oxidation sites excluding steroid dienone is 12. The second-order valence-electron chi connectivity index (χ2n) is 14.2. The highest BCUT2D eigenvalue weighted by Gasteiger charge is 2.44. The Morgan fingerprint density at radius 1 is 0.261 bits per heavy atom. The Labute approximate surface area is 374 Å². The van der Waals surface area contributed by atoms with Gasteiger partial charge in [-0.05, 0) is 48.6 Å². The van der Waals surface area contributed by atoms with Gasteiger partial charge in [0.2, 0.25) is 23.3 Å². The lowest BCUT2D eigenvalue weighted by molar-refractivity contribution is 0.375. The largest absolute Gasteiger partial charge is 0.249 e. The highest BCUT2D eigenvalue weighted by molar-refractivity contribution is 6.50. The second kappa shape index (κ2) is 16.9. The van der Waals surface area contributed by atoms with Gasteiger partial charge in [0, 0.05) is 22.3 Å². The lowest BCUT2D eigenvalue weighted by Crippen LogP contribution is -2.17. The van der Waals surface area contributed by atoms with Crippen molar-refractivity contribution >= 4 is 57.5 Å². The van der Waals surface area contributed by atoms with Crippen LogP contribution in [0.2, 0.25) is 0 Å². The van der Waals surface area contributed by atoms with Gasteiger partial charge in [0.25, 0.3) is 0 Å². The molecule has 4 nitrogen and oxygen atoms in total. The molecule has 0 saturated carbocycles. The van der Waals surface area contributed by atoms with Crippen molar-refractivity contribution in [3.63, 3.8) is 0 Å². The molecule has 0 unspecified atom stereocenters. The van der Waals surface area contributed by atoms with E-state index in [2.05, 4.69) is 20.0 Å². The van der Waals surface area contributed by atoms with Crippen LogP contribution in [-0.2, 0) is 0 Å². The Morgan fingerprint density at radius 3 is 0.986 bits per heavy atom. The number of fused-ring (bicyclic) bond motifs is 4. The molecule has 0 atom stereocenters. The van der Waals surface area contributed by atoms with Gasteiger partial charge in [-0.15, -0.1) is 12.4 Å². The summed E-state index contributed by atoms with van der Waals surface area (Å²) >= 11 is 0. The van der Waals surface area contributed by atoms with Gasteiger partial charge in [0.1, 0.15) is 0 Å². The third-order valence-electron chi connectivity index (χ3n) is 10.3. The minimum Gasteiger partial charge on any atom is -0.249 e. The molecule has 4 aromatic rings. The van der Waals surface area contributed by atoms with Crippen LogP contribution in [0.1, 0.15) is 22.3 Å². The van der Waals surface area contributed by atoms with E-state index in [0.29, 0.717) is 12.2 Å². The van der Waals surface area contributed by atoms with Crippen LogP contribution in [0.15, 0.2) is 91.4 Å². The summed E-state index contributed by atoms with van der Waals surface area (Å²) in [6.07, 6.45) is 7.20. The van der Waals surface area contributed by atoms with Gasteiger partial charge in [-0.2, -0.15) is 0 Å². The van der Waals surface area contributed by atoms with Gasteiger partial charge < -0.3 is 0 Å². The number of rotatable bonds is 4. The fourth-order valence-corrected chi connectivity index (χ4v) is 7.37. The average Bonchev–Trinajstić information content (AvgIpc) is 4.13. The van der Waals surface area contributed by atoms with Gasteiger partial charge in [-0.1, -0.05) is 0 Å². The fraction of sp³-hybridized carbons (Fsp3) is 0. The van der Waals surface area contributed by atoms with E-state index in [-0.39, 0.29) is 29.5 Å². The maximum Gasteiger partial charge on any atom is 0.200 e. The molecule has 8 bridgehead atoms. The van der Waals surface area contributed by atoms with Crippen LogP contribution in [-0.4, -0.2) is 22.8 Å². The highest BCUT2D eigenvalue weighted by atomic mass is 35.5. The van der Waals surface area contributed by atoms with E-state index < -0.39 is 189 Å². The molecule has 352 valence electrons. The lowest BCUT2D eigenvalue weighted by Gasteiger charge is -2.20. The third-order valence-corrected chi connectivity index (χ3v) is 10.3. The molecule has 5 heterocycles. The van der Waals surface area contributed by atoms with E-state index in [9.17, 15) is 26.3 Å². The smallest absolute Gasteiger partial charge is 0.200 e. The Bertz CT molecular complexity index is 3430. The maximum atomic E-state index is 16.4. The van der Waals surface area contributed by atoms with Gasteiger partial charge >= 0.3 is 0 Å². The molecule has 0 N–H and O–H groups in total. The Hall–Kier alpha value is -7.63. The summed E-state index contributed by atoms with van der Waals surface area (Å²) in [5, 5.41) is 0. The molecule has 0 radical (unpaired) electrons. The summed E-state index contributed by atoms with van der Waals surface area (Å²) in [6.45, 7) is 0. The highest BCUT2D eigenvalue weighted by Crippen LogP contribution is 2.51. The molecule has 0 aromatic heterocycles. The number of aliphatic imine (C=N–C) groups is 4. The minimum atomic E-state index is -3.07. The normalized spacial score (nSPS) is 16.2. The van der Waals surface area contributed by atoms with E-state index in [1.54, 1.807) is 0 Å². The molecule has 5 aliphatic rings. The SMILES string of the molecule is Cl.Fc1c(F)c(F)c(C2=CC3=CC4=NC(=CC5=NC(=CC6=NC(=C(c7c(F)c(F)c(F)c(F)c7F)C2=N3)C(c2c(F)c(F)c(F)c(F)c2F)=C6c2c(F)c(F)c(F)c(F)c2F)C=C5)C=C4)c(F)c1F. The van der Waals surface area contributed by atoms with Crippen LogP contribution < -0.4 is 0 Å². The van der Waals surface area contributed by atoms with Crippen molar-refractivity contribution in [1.29, 1.82) is 0 Å². The van der Waals surface area contributed by atoms with Crippen LogP contribution in [0, 0.1) is 116 Å². The number of hydrogen-bond acceptors (Lipinski definition) is 4.